The summed E-state index contributed by atoms with van der Waals surface area (Å²) in [5, 5.41) is 3.60. The van der Waals surface area contributed by atoms with Crippen LogP contribution in [0.1, 0.15) is 52.9 Å². The molecular formula is C16H32N2. The van der Waals surface area contributed by atoms with Gasteiger partial charge >= 0.3 is 0 Å². The number of likely N-dealkylation sites (N-methyl/N-ethyl adjacent to an activating group) is 2. The molecule has 2 nitrogen and oxygen atoms in total. The Morgan fingerprint density at radius 1 is 1.17 bits per heavy atom. The van der Waals surface area contributed by atoms with Gasteiger partial charge in [0.05, 0.1) is 0 Å². The maximum atomic E-state index is 3.60. The smallest absolute Gasteiger partial charge is 0.0274 e. The fourth-order valence-electron chi connectivity index (χ4n) is 4.21. The van der Waals surface area contributed by atoms with Crippen LogP contribution >= 0.6 is 0 Å². The van der Waals surface area contributed by atoms with Gasteiger partial charge in [0.1, 0.15) is 0 Å². The third-order valence-corrected chi connectivity index (χ3v) is 5.34. The number of rotatable bonds is 5. The molecule has 0 heterocycles. The van der Waals surface area contributed by atoms with E-state index in [0.717, 1.165) is 23.8 Å². The van der Waals surface area contributed by atoms with Crippen molar-refractivity contribution in [2.24, 2.45) is 17.8 Å². The van der Waals surface area contributed by atoms with E-state index >= 15 is 0 Å². The highest BCUT2D eigenvalue weighted by Crippen LogP contribution is 2.34. The van der Waals surface area contributed by atoms with Gasteiger partial charge in [0.2, 0.25) is 0 Å². The minimum absolute atomic E-state index is 0.698. The second-order valence-corrected chi connectivity index (χ2v) is 6.82. The minimum atomic E-state index is 0.698. The molecule has 2 aliphatic carbocycles. The first-order chi connectivity index (χ1) is 8.65. The number of hydrogen-bond acceptors (Lipinski definition) is 2. The van der Waals surface area contributed by atoms with Crippen molar-refractivity contribution in [3.05, 3.63) is 0 Å². The molecule has 0 radical (unpaired) electrons. The van der Waals surface area contributed by atoms with Gasteiger partial charge in [-0.3, -0.25) is 4.90 Å². The van der Waals surface area contributed by atoms with Gasteiger partial charge in [-0.15, -0.1) is 0 Å². The summed E-state index contributed by atoms with van der Waals surface area (Å²) in [6.07, 6.45) is 7.17. The Bertz CT molecular complexity index is 249. The zero-order valence-electron chi connectivity index (χ0n) is 12.8. The van der Waals surface area contributed by atoms with Gasteiger partial charge in [-0.25, -0.2) is 0 Å². The number of nitrogens with zero attached hydrogens (tertiary/aromatic N) is 1. The lowest BCUT2D eigenvalue weighted by atomic mass is 9.75. The Labute approximate surface area is 114 Å². The lowest BCUT2D eigenvalue weighted by Crippen LogP contribution is -2.57. The molecule has 4 atom stereocenters. The van der Waals surface area contributed by atoms with E-state index in [1.54, 1.807) is 0 Å². The molecule has 2 heteroatoms. The number of hydrogen-bond donors (Lipinski definition) is 1. The molecular weight excluding hydrogens is 220 g/mol. The Morgan fingerprint density at radius 2 is 1.89 bits per heavy atom. The standard InChI is InChI=1S/C16H32N2/c1-5-18(11-14-7-6-8-14)16-13(3)9-12(2)10-15(16)17-4/h12-17H,5-11H2,1-4H3. The van der Waals surface area contributed by atoms with Crippen LogP contribution in [0.2, 0.25) is 0 Å². The Morgan fingerprint density at radius 3 is 2.39 bits per heavy atom. The quantitative estimate of drug-likeness (QED) is 0.809. The maximum absolute atomic E-state index is 3.60. The zero-order chi connectivity index (χ0) is 13.1. The van der Waals surface area contributed by atoms with Crippen LogP contribution in [0.25, 0.3) is 0 Å². The molecule has 0 aliphatic heterocycles. The van der Waals surface area contributed by atoms with Crippen molar-refractivity contribution in [2.75, 3.05) is 20.1 Å². The van der Waals surface area contributed by atoms with E-state index in [0.29, 0.717) is 6.04 Å². The Kier molecular flexibility index (Phi) is 5.08. The lowest BCUT2D eigenvalue weighted by Gasteiger charge is -2.47. The van der Waals surface area contributed by atoms with Gasteiger partial charge in [0, 0.05) is 18.6 Å². The first kappa shape index (κ1) is 14.3. The highest BCUT2D eigenvalue weighted by molar-refractivity contribution is 4.94. The van der Waals surface area contributed by atoms with E-state index in [9.17, 15) is 0 Å². The van der Waals surface area contributed by atoms with Crippen LogP contribution in [0.15, 0.2) is 0 Å². The Hall–Kier alpha value is -0.0800. The summed E-state index contributed by atoms with van der Waals surface area (Å²) in [5.74, 6) is 2.72. The second-order valence-electron chi connectivity index (χ2n) is 6.82. The maximum Gasteiger partial charge on any atom is 0.0274 e. The van der Waals surface area contributed by atoms with Crippen LogP contribution in [0, 0.1) is 17.8 Å². The van der Waals surface area contributed by atoms with E-state index in [2.05, 4.69) is 38.0 Å². The van der Waals surface area contributed by atoms with Crippen LogP contribution in [0.3, 0.4) is 0 Å². The highest BCUT2D eigenvalue weighted by atomic mass is 15.2. The lowest BCUT2D eigenvalue weighted by molar-refractivity contribution is 0.0451. The molecule has 0 spiro atoms. The van der Waals surface area contributed by atoms with Crippen molar-refractivity contribution in [1.82, 2.24) is 10.2 Å². The van der Waals surface area contributed by atoms with E-state index in [4.69, 9.17) is 0 Å². The molecule has 106 valence electrons. The van der Waals surface area contributed by atoms with Crippen LogP contribution in [-0.2, 0) is 0 Å². The predicted molar refractivity (Wildman–Crippen MR) is 78.8 cm³/mol. The first-order valence-corrected chi connectivity index (χ1v) is 8.07. The molecule has 0 amide bonds. The average molecular weight is 252 g/mol. The highest BCUT2D eigenvalue weighted by Gasteiger charge is 2.37. The second kappa shape index (κ2) is 6.38. The SMILES string of the molecule is CCN(CC1CCC1)C1C(C)CC(C)CC1NC. The minimum Gasteiger partial charge on any atom is -0.315 e. The van der Waals surface area contributed by atoms with Crippen LogP contribution in [-0.4, -0.2) is 37.1 Å². The summed E-state index contributed by atoms with van der Waals surface area (Å²) in [6, 6.07) is 1.46. The summed E-state index contributed by atoms with van der Waals surface area (Å²) >= 11 is 0. The van der Waals surface area contributed by atoms with Gasteiger partial charge in [-0.05, 0) is 57.0 Å². The van der Waals surface area contributed by atoms with E-state index < -0.39 is 0 Å². The zero-order valence-corrected chi connectivity index (χ0v) is 12.8. The summed E-state index contributed by atoms with van der Waals surface area (Å²) in [4.78, 5) is 2.78. The fourth-order valence-corrected chi connectivity index (χ4v) is 4.21. The van der Waals surface area contributed by atoms with Crippen molar-refractivity contribution < 1.29 is 0 Å². The first-order valence-electron chi connectivity index (χ1n) is 8.07. The Balaban J connectivity index is 2.00. The van der Waals surface area contributed by atoms with Gasteiger partial charge < -0.3 is 5.32 Å². The molecule has 18 heavy (non-hydrogen) atoms. The average Bonchev–Trinajstić information content (AvgIpc) is 2.28. The van der Waals surface area contributed by atoms with E-state index in [1.165, 1.54) is 45.2 Å². The molecule has 0 saturated heterocycles. The largest absolute Gasteiger partial charge is 0.315 e. The van der Waals surface area contributed by atoms with Gasteiger partial charge in [0.15, 0.2) is 0 Å². The van der Waals surface area contributed by atoms with Crippen molar-refractivity contribution in [1.29, 1.82) is 0 Å². The fraction of sp³-hybridized carbons (Fsp3) is 1.00. The monoisotopic (exact) mass is 252 g/mol. The molecule has 4 unspecified atom stereocenters. The molecule has 1 N–H and O–H groups in total. The molecule has 0 bridgehead atoms. The summed E-state index contributed by atoms with van der Waals surface area (Å²) in [5.41, 5.74) is 0. The molecule has 2 aliphatic rings. The third kappa shape index (κ3) is 3.08. The van der Waals surface area contributed by atoms with Crippen LogP contribution in [0.4, 0.5) is 0 Å². The van der Waals surface area contributed by atoms with Gasteiger partial charge in [-0.1, -0.05) is 27.2 Å². The topological polar surface area (TPSA) is 15.3 Å². The molecule has 0 aromatic carbocycles. The molecule has 2 saturated carbocycles. The van der Waals surface area contributed by atoms with E-state index in [-0.39, 0.29) is 0 Å². The van der Waals surface area contributed by atoms with Crippen molar-refractivity contribution in [3.8, 4) is 0 Å². The normalized spacial score (nSPS) is 37.8. The molecule has 2 rings (SSSR count). The van der Waals surface area contributed by atoms with Crippen LogP contribution in [0.5, 0.6) is 0 Å². The van der Waals surface area contributed by atoms with Gasteiger partial charge in [-0.2, -0.15) is 0 Å². The molecule has 2 fully saturated rings. The summed E-state index contributed by atoms with van der Waals surface area (Å²) in [6.45, 7) is 9.79. The molecule has 0 aromatic heterocycles. The predicted octanol–water partition coefficient (Wildman–Crippen LogP) is 3.13. The molecule has 0 aromatic rings. The van der Waals surface area contributed by atoms with Crippen LogP contribution < -0.4 is 5.32 Å². The van der Waals surface area contributed by atoms with Crippen molar-refractivity contribution in [3.63, 3.8) is 0 Å². The third-order valence-electron chi connectivity index (χ3n) is 5.34. The van der Waals surface area contributed by atoms with Crippen molar-refractivity contribution in [2.45, 2.75) is 65.0 Å². The summed E-state index contributed by atoms with van der Waals surface area (Å²) in [7, 11) is 2.15. The summed E-state index contributed by atoms with van der Waals surface area (Å²) < 4.78 is 0. The van der Waals surface area contributed by atoms with E-state index in [1.807, 2.05) is 0 Å². The number of nitrogens with one attached hydrogen (secondary N) is 1. The van der Waals surface area contributed by atoms with Gasteiger partial charge in [0.25, 0.3) is 0 Å². The van der Waals surface area contributed by atoms with Crippen molar-refractivity contribution >= 4 is 0 Å².